The number of halogens is 5. The lowest BCUT2D eigenvalue weighted by molar-refractivity contribution is -0.198. The van der Waals surface area contributed by atoms with Crippen LogP contribution in [0.4, 0.5) is 22.0 Å². The summed E-state index contributed by atoms with van der Waals surface area (Å²) in [5.74, 6) is -5.45. The molecule has 0 saturated heterocycles. The largest absolute Gasteiger partial charge is 0.434 e. The van der Waals surface area contributed by atoms with Gasteiger partial charge in [-0.1, -0.05) is 39.0 Å². The molecule has 10 heteroatoms. The van der Waals surface area contributed by atoms with Gasteiger partial charge in [0, 0.05) is 0 Å². The van der Waals surface area contributed by atoms with Crippen LogP contribution in [-0.2, 0) is 10.1 Å². The first-order valence-electron chi connectivity index (χ1n) is 5.85. The maximum absolute atomic E-state index is 13.1. The fourth-order valence-electron chi connectivity index (χ4n) is 1.46. The molecule has 0 fully saturated rings. The van der Waals surface area contributed by atoms with Crippen LogP contribution < -0.4 is 6.15 Å². The second kappa shape index (κ2) is 8.08. The summed E-state index contributed by atoms with van der Waals surface area (Å²) >= 11 is 0. The molecule has 0 aromatic carbocycles. The van der Waals surface area contributed by atoms with Gasteiger partial charge in [0.15, 0.2) is 6.17 Å². The molecular weight excluding hydrogens is 309 g/mol. The van der Waals surface area contributed by atoms with Crippen molar-refractivity contribution in [1.29, 1.82) is 0 Å². The van der Waals surface area contributed by atoms with E-state index < -0.39 is 33.9 Å². The first-order valence-corrected chi connectivity index (χ1v) is 7.29. The van der Waals surface area contributed by atoms with Gasteiger partial charge in [-0.3, -0.25) is 4.55 Å². The summed E-state index contributed by atoms with van der Waals surface area (Å²) in [6.45, 7) is 1.90. The van der Waals surface area contributed by atoms with Gasteiger partial charge in [0.25, 0.3) is 0 Å². The fraction of sp³-hybridized carbons (Fsp3) is 1.00. The summed E-state index contributed by atoms with van der Waals surface area (Å²) in [6.07, 6.45) is -1.54. The lowest BCUT2D eigenvalue weighted by Crippen LogP contribution is -2.52. The van der Waals surface area contributed by atoms with Crippen LogP contribution in [0.3, 0.4) is 0 Å². The van der Waals surface area contributed by atoms with Gasteiger partial charge in [0.1, 0.15) is 0 Å². The molecule has 0 heterocycles. The third-order valence-corrected chi connectivity index (χ3v) is 3.59. The zero-order valence-corrected chi connectivity index (χ0v) is 11.9. The average molecular weight is 329 g/mol. The Morgan fingerprint density at radius 2 is 1.50 bits per heavy atom. The summed E-state index contributed by atoms with van der Waals surface area (Å²) in [7, 11) is -6.37. The van der Waals surface area contributed by atoms with Crippen LogP contribution in [0.25, 0.3) is 0 Å². The van der Waals surface area contributed by atoms with E-state index in [0.29, 0.717) is 12.8 Å². The lowest BCUT2D eigenvalue weighted by atomic mass is 10.0. The number of hydrogen-bond acceptors (Lipinski definition) is 3. The van der Waals surface area contributed by atoms with Crippen LogP contribution in [0.5, 0.6) is 0 Å². The van der Waals surface area contributed by atoms with Crippen LogP contribution in [0.1, 0.15) is 45.4 Å². The minimum Gasteiger partial charge on any atom is -0.344 e. The van der Waals surface area contributed by atoms with Gasteiger partial charge in [-0.25, -0.2) is 4.39 Å². The molecule has 0 amide bonds. The first kappa shape index (κ1) is 21.8. The van der Waals surface area contributed by atoms with E-state index in [4.69, 9.17) is 4.55 Å². The highest BCUT2D eigenvalue weighted by Gasteiger charge is 2.69. The van der Waals surface area contributed by atoms with Crippen molar-refractivity contribution in [2.75, 3.05) is 0 Å². The van der Waals surface area contributed by atoms with Gasteiger partial charge < -0.3 is 6.15 Å². The quantitative estimate of drug-likeness (QED) is 0.380. The third kappa shape index (κ3) is 5.13. The van der Waals surface area contributed by atoms with Crippen LogP contribution in [0, 0.1) is 0 Å². The van der Waals surface area contributed by atoms with Crippen molar-refractivity contribution in [3.05, 3.63) is 0 Å². The maximum Gasteiger partial charge on any atom is 0.434 e. The molecule has 0 aromatic heterocycles. The Labute approximate surface area is 115 Å². The molecule has 0 radical (unpaired) electrons. The van der Waals surface area contributed by atoms with E-state index in [0.717, 1.165) is 12.8 Å². The van der Waals surface area contributed by atoms with Gasteiger partial charge in [0.2, 0.25) is 0 Å². The van der Waals surface area contributed by atoms with Crippen LogP contribution in [0.2, 0.25) is 0 Å². The molecule has 4 N–H and O–H groups in total. The van der Waals surface area contributed by atoms with Crippen LogP contribution in [0.15, 0.2) is 0 Å². The number of rotatable bonds is 9. The molecule has 0 rings (SSSR count). The molecule has 1 atom stereocenters. The summed E-state index contributed by atoms with van der Waals surface area (Å²) in [5, 5.41) is -5.83. The SMILES string of the molecule is CCCCCCCC(F)C(F)(F)C(F)(F)S(=O)(=O)O.N. The smallest absolute Gasteiger partial charge is 0.344 e. The monoisotopic (exact) mass is 329 g/mol. The van der Waals surface area contributed by atoms with Crippen molar-refractivity contribution < 1.29 is 34.9 Å². The zero-order chi connectivity index (χ0) is 15.3. The van der Waals surface area contributed by atoms with Gasteiger partial charge in [0.05, 0.1) is 0 Å². The number of unbranched alkanes of at least 4 members (excludes halogenated alkanes) is 4. The van der Waals surface area contributed by atoms with Crippen molar-refractivity contribution in [3.63, 3.8) is 0 Å². The Balaban J connectivity index is 0. The normalized spacial score (nSPS) is 14.8. The minimum absolute atomic E-state index is 0. The molecule has 124 valence electrons. The summed E-state index contributed by atoms with van der Waals surface area (Å²) in [4.78, 5) is 0. The highest BCUT2D eigenvalue weighted by atomic mass is 32.2. The van der Waals surface area contributed by atoms with Crippen molar-refractivity contribution in [3.8, 4) is 0 Å². The van der Waals surface area contributed by atoms with E-state index in [1.54, 1.807) is 0 Å². The highest BCUT2D eigenvalue weighted by Crippen LogP contribution is 2.43. The fourth-order valence-corrected chi connectivity index (χ4v) is 1.93. The first-order chi connectivity index (χ1) is 8.48. The molecule has 0 saturated carbocycles. The van der Waals surface area contributed by atoms with Crippen molar-refractivity contribution >= 4 is 10.1 Å². The molecule has 0 aliphatic heterocycles. The molecule has 20 heavy (non-hydrogen) atoms. The van der Waals surface area contributed by atoms with Gasteiger partial charge in [-0.2, -0.15) is 26.0 Å². The van der Waals surface area contributed by atoms with E-state index in [1.165, 1.54) is 0 Å². The van der Waals surface area contributed by atoms with E-state index in [9.17, 15) is 30.4 Å². The van der Waals surface area contributed by atoms with Gasteiger partial charge in [-0.15, -0.1) is 0 Å². The predicted octanol–water partition coefficient (Wildman–Crippen LogP) is 3.96. The molecule has 0 spiro atoms. The lowest BCUT2D eigenvalue weighted by Gasteiger charge is -2.26. The topological polar surface area (TPSA) is 89.4 Å². The molecule has 0 aliphatic carbocycles. The Bertz CT molecular complexity index is 375. The Kier molecular flexibility index (Phi) is 8.82. The molecule has 4 nitrogen and oxygen atoms in total. The van der Waals surface area contributed by atoms with E-state index in [2.05, 4.69) is 0 Å². The second-order valence-electron chi connectivity index (χ2n) is 4.29. The summed E-state index contributed by atoms with van der Waals surface area (Å²) in [6, 6.07) is 0. The van der Waals surface area contributed by atoms with Crippen LogP contribution >= 0.6 is 0 Å². The van der Waals surface area contributed by atoms with Crippen molar-refractivity contribution in [1.82, 2.24) is 6.15 Å². The second-order valence-corrected chi connectivity index (χ2v) is 5.75. The standard InChI is InChI=1S/C10H17F5O3S.H3N/c1-2-3-4-5-6-7-8(11)9(12,13)10(14,15)19(16,17)18;/h8H,2-7H2,1H3,(H,16,17,18);1H3. The van der Waals surface area contributed by atoms with Crippen molar-refractivity contribution in [2.24, 2.45) is 0 Å². The van der Waals surface area contributed by atoms with E-state index in [-0.39, 0.29) is 12.6 Å². The van der Waals surface area contributed by atoms with Crippen molar-refractivity contribution in [2.45, 2.75) is 62.8 Å². The third-order valence-electron chi connectivity index (χ3n) is 2.67. The Hall–Kier alpha value is -0.480. The van der Waals surface area contributed by atoms with Gasteiger partial charge >= 0.3 is 21.3 Å². The number of alkyl halides is 5. The maximum atomic E-state index is 13.1. The molecule has 0 aliphatic rings. The van der Waals surface area contributed by atoms with E-state index in [1.807, 2.05) is 6.92 Å². The molecule has 0 aromatic rings. The average Bonchev–Trinajstić information content (AvgIpc) is 2.26. The molecular formula is C10H20F5NO3S. The predicted molar refractivity (Wildman–Crippen MR) is 64.7 cm³/mol. The summed E-state index contributed by atoms with van der Waals surface area (Å²) in [5.41, 5.74) is 0. The summed E-state index contributed by atoms with van der Waals surface area (Å²) < 4.78 is 93.0. The zero-order valence-electron chi connectivity index (χ0n) is 11.1. The highest BCUT2D eigenvalue weighted by molar-refractivity contribution is 7.87. The Morgan fingerprint density at radius 1 is 1.05 bits per heavy atom. The number of hydrogen-bond donors (Lipinski definition) is 2. The Morgan fingerprint density at radius 3 is 1.90 bits per heavy atom. The van der Waals surface area contributed by atoms with E-state index >= 15 is 0 Å². The van der Waals surface area contributed by atoms with Gasteiger partial charge in [-0.05, 0) is 6.42 Å². The molecule has 1 unspecified atom stereocenters. The molecule has 0 bridgehead atoms. The van der Waals surface area contributed by atoms with Crippen LogP contribution in [-0.4, -0.2) is 30.3 Å². The minimum atomic E-state index is -6.37.